The second kappa shape index (κ2) is 50.4. The first kappa shape index (κ1) is 68.0. The lowest BCUT2D eigenvalue weighted by Gasteiger charge is -2.42. The number of likely N-dealkylation sites (tertiary alicyclic amines) is 1. The fourth-order valence-electron chi connectivity index (χ4n) is 10.1. The summed E-state index contributed by atoms with van der Waals surface area (Å²) in [6.07, 6.45) is 40.9. The van der Waals surface area contributed by atoms with E-state index in [1.54, 1.807) is 0 Å². The minimum atomic E-state index is -0.382. The van der Waals surface area contributed by atoms with Gasteiger partial charge < -0.3 is 38.1 Å². The molecule has 0 spiro atoms. The van der Waals surface area contributed by atoms with Gasteiger partial charge in [-0.3, -0.25) is 9.59 Å². The number of piperidine rings is 1. The zero-order valence-corrected chi connectivity index (χ0v) is 48.8. The van der Waals surface area contributed by atoms with Gasteiger partial charge in [0.25, 0.3) is 0 Å². The minimum Gasteiger partial charge on any atom is -0.466 e. The minimum absolute atomic E-state index is 0.0699. The van der Waals surface area contributed by atoms with Crippen LogP contribution in [-0.2, 0) is 49.4 Å². The van der Waals surface area contributed by atoms with E-state index in [0.29, 0.717) is 59.1 Å². The lowest BCUT2D eigenvalue weighted by atomic mass is 9.73. The van der Waals surface area contributed by atoms with Gasteiger partial charge in [0.15, 0.2) is 12.6 Å². The molecule has 1 aromatic carbocycles. The van der Waals surface area contributed by atoms with E-state index >= 15 is 0 Å². The topological polar surface area (TPSA) is 102 Å². The molecule has 2 rings (SSSR count). The molecule has 1 saturated heterocycles. The van der Waals surface area contributed by atoms with E-state index in [1.165, 1.54) is 160 Å². The Balaban J connectivity index is 1.92. The third kappa shape index (κ3) is 40.2. The van der Waals surface area contributed by atoms with Gasteiger partial charge >= 0.3 is 11.9 Å². The predicted octanol–water partition coefficient (Wildman–Crippen LogP) is 17.2. The first-order valence-electron chi connectivity index (χ1n) is 31.5. The Morgan fingerprint density at radius 1 is 0.446 bits per heavy atom. The van der Waals surface area contributed by atoms with Crippen LogP contribution in [0.15, 0.2) is 30.3 Å². The molecule has 432 valence electrons. The molecule has 1 aliphatic rings. The molecule has 0 saturated carbocycles. The molecule has 10 heteroatoms. The molecule has 0 N–H and O–H groups in total. The molecule has 0 aromatic heterocycles. The Hall–Kier alpha value is -2.08. The Labute approximate surface area is 455 Å². The summed E-state index contributed by atoms with van der Waals surface area (Å²) in [7, 11) is 0. The molecule has 1 fully saturated rings. The van der Waals surface area contributed by atoms with Crippen LogP contribution in [0.3, 0.4) is 0 Å². The maximum atomic E-state index is 13.3. The highest BCUT2D eigenvalue weighted by Gasteiger charge is 2.35. The average molecular weight is 1040 g/mol. The largest absolute Gasteiger partial charge is 0.466 e. The Bertz CT molecular complexity index is 1250. The van der Waals surface area contributed by atoms with Crippen molar-refractivity contribution in [2.24, 2.45) is 5.41 Å². The summed E-state index contributed by atoms with van der Waals surface area (Å²) in [5.74, 6) is -0.388. The van der Waals surface area contributed by atoms with E-state index in [4.69, 9.17) is 33.2 Å². The maximum Gasteiger partial charge on any atom is 0.305 e. The molecule has 0 unspecified atom stereocenters. The third-order valence-electron chi connectivity index (χ3n) is 15.2. The van der Waals surface area contributed by atoms with E-state index in [0.717, 1.165) is 90.4 Å². The molecule has 1 aromatic rings. The van der Waals surface area contributed by atoms with Crippen molar-refractivity contribution in [2.75, 3.05) is 65.9 Å². The summed E-state index contributed by atoms with van der Waals surface area (Å²) < 4.78 is 42.9. The van der Waals surface area contributed by atoms with Crippen molar-refractivity contribution < 1.29 is 42.7 Å². The maximum absolute atomic E-state index is 13.3. The number of unbranched alkanes of at least 4 members (excludes halogenated alkanes) is 25. The highest BCUT2D eigenvalue weighted by molar-refractivity contribution is 5.69. The van der Waals surface area contributed by atoms with Gasteiger partial charge in [-0.2, -0.15) is 0 Å². The number of esters is 2. The third-order valence-corrected chi connectivity index (χ3v) is 15.2. The quantitative estimate of drug-likeness (QED) is 0.0356. The Kier molecular flexibility index (Phi) is 46.4. The summed E-state index contributed by atoms with van der Waals surface area (Å²) in [5, 5.41) is 0. The van der Waals surface area contributed by atoms with Crippen molar-refractivity contribution in [2.45, 2.75) is 291 Å². The van der Waals surface area contributed by atoms with Crippen LogP contribution < -0.4 is 0 Å². The van der Waals surface area contributed by atoms with Crippen LogP contribution in [0.5, 0.6) is 0 Å². The van der Waals surface area contributed by atoms with Crippen molar-refractivity contribution in [3.63, 3.8) is 0 Å². The smallest absolute Gasteiger partial charge is 0.305 e. The molecular weight excluding hydrogens is 927 g/mol. The van der Waals surface area contributed by atoms with Gasteiger partial charge in [0.1, 0.15) is 0 Å². The second-order valence-corrected chi connectivity index (χ2v) is 21.9. The fourth-order valence-corrected chi connectivity index (χ4v) is 10.1. The van der Waals surface area contributed by atoms with Crippen LogP contribution >= 0.6 is 0 Å². The van der Waals surface area contributed by atoms with Crippen molar-refractivity contribution in [3.05, 3.63) is 35.9 Å². The monoisotopic (exact) mass is 1040 g/mol. The van der Waals surface area contributed by atoms with Crippen molar-refractivity contribution >= 4 is 11.9 Å². The first-order valence-corrected chi connectivity index (χ1v) is 31.5. The van der Waals surface area contributed by atoms with E-state index in [2.05, 4.69) is 56.9 Å². The molecule has 0 amide bonds. The van der Waals surface area contributed by atoms with Crippen molar-refractivity contribution in [3.8, 4) is 0 Å². The van der Waals surface area contributed by atoms with Crippen LogP contribution in [0.2, 0.25) is 0 Å². The number of rotatable bonds is 55. The van der Waals surface area contributed by atoms with E-state index in [-0.39, 0.29) is 42.8 Å². The van der Waals surface area contributed by atoms with Gasteiger partial charge in [-0.1, -0.05) is 212 Å². The molecule has 1 heterocycles. The number of nitrogens with zero attached hydrogens (tertiary/aromatic N) is 1. The summed E-state index contributed by atoms with van der Waals surface area (Å²) in [6, 6.07) is 10.4. The van der Waals surface area contributed by atoms with E-state index in [1.807, 2.05) is 6.07 Å². The van der Waals surface area contributed by atoms with E-state index < -0.39 is 0 Å². The number of carbonyl (C=O) groups is 2. The molecule has 1 aliphatic heterocycles. The zero-order chi connectivity index (χ0) is 53.1. The van der Waals surface area contributed by atoms with Crippen LogP contribution in [0.1, 0.15) is 277 Å². The zero-order valence-electron chi connectivity index (χ0n) is 48.8. The summed E-state index contributed by atoms with van der Waals surface area (Å²) in [5.41, 5.74) is 1.14. The van der Waals surface area contributed by atoms with Gasteiger partial charge in [-0.05, 0) is 94.8 Å². The van der Waals surface area contributed by atoms with Crippen LogP contribution in [0.25, 0.3) is 0 Å². The van der Waals surface area contributed by atoms with Gasteiger partial charge in [0.2, 0.25) is 0 Å². The molecule has 74 heavy (non-hydrogen) atoms. The molecule has 0 bridgehead atoms. The average Bonchev–Trinajstić information content (AvgIpc) is 3.41. The number of hydrogen-bond acceptors (Lipinski definition) is 10. The van der Waals surface area contributed by atoms with Gasteiger partial charge in [-0.15, -0.1) is 0 Å². The summed E-state index contributed by atoms with van der Waals surface area (Å²) in [6.45, 7) is 16.8. The lowest BCUT2D eigenvalue weighted by molar-refractivity contribution is -0.160. The SMILES string of the molecule is CCCCCCCCCOC(CCC(=O)OCCC1(CCOC(=O)CCC(OCCCCCCCCC)OCCCCCCCCC)CCN(CCCCOCc2ccccc2)CC1)OCCCCCCCCC. The van der Waals surface area contributed by atoms with Crippen LogP contribution in [0.4, 0.5) is 0 Å². The highest BCUT2D eigenvalue weighted by Crippen LogP contribution is 2.39. The normalized spacial score (nSPS) is 13.9. The molecular formula is C64H117NO9. The van der Waals surface area contributed by atoms with Crippen molar-refractivity contribution in [1.29, 1.82) is 0 Å². The lowest BCUT2D eigenvalue weighted by Crippen LogP contribution is -2.42. The highest BCUT2D eigenvalue weighted by atomic mass is 16.7. The standard InChI is InChI=1S/C64H117NO9/c1-5-9-13-17-21-25-33-52-71-62(72-53-34-26-22-18-14-10-6-2)42-40-60(66)69-56-46-64(44-49-65(50-45-64)48-32-37-51-68-58-59-38-30-29-31-39-59)47-57-70-61(67)41-43-63(73-54-35-27-23-19-15-11-7-3)74-55-36-28-24-20-16-12-8-4/h29-31,38-39,62-63H,5-28,32-37,40-58H2,1-4H3. The Morgan fingerprint density at radius 3 is 1.18 bits per heavy atom. The summed E-state index contributed by atoms with van der Waals surface area (Å²) in [4.78, 5) is 29.2. The Morgan fingerprint density at radius 2 is 0.797 bits per heavy atom. The first-order chi connectivity index (χ1) is 36.4. The summed E-state index contributed by atoms with van der Waals surface area (Å²) >= 11 is 0. The van der Waals surface area contributed by atoms with Crippen molar-refractivity contribution in [1.82, 2.24) is 4.90 Å². The molecule has 0 atom stereocenters. The second-order valence-electron chi connectivity index (χ2n) is 21.9. The molecule has 0 radical (unpaired) electrons. The van der Waals surface area contributed by atoms with Gasteiger partial charge in [-0.25, -0.2) is 0 Å². The number of ether oxygens (including phenoxy) is 7. The number of benzene rings is 1. The van der Waals surface area contributed by atoms with E-state index in [9.17, 15) is 9.59 Å². The fraction of sp³-hybridized carbons (Fsp3) is 0.875. The number of carbonyl (C=O) groups excluding carboxylic acids is 2. The van der Waals surface area contributed by atoms with Crippen LogP contribution in [-0.4, -0.2) is 95.3 Å². The predicted molar refractivity (Wildman–Crippen MR) is 306 cm³/mol. The number of hydrogen-bond donors (Lipinski definition) is 0. The van der Waals surface area contributed by atoms with Gasteiger partial charge in [0, 0.05) is 45.9 Å². The molecule has 0 aliphatic carbocycles. The van der Waals surface area contributed by atoms with Crippen LogP contribution in [0, 0.1) is 5.41 Å². The van der Waals surface area contributed by atoms with Gasteiger partial charge in [0.05, 0.1) is 32.7 Å². The molecule has 10 nitrogen and oxygen atoms in total.